The number of halogens is 3. The molecular weight excluding hydrogens is 512 g/mol. The van der Waals surface area contributed by atoms with Crippen molar-refractivity contribution in [3.05, 3.63) is 76.4 Å². The minimum Gasteiger partial charge on any atom is -0.379 e. The van der Waals surface area contributed by atoms with Gasteiger partial charge in [0.15, 0.2) is 0 Å². The average molecular weight is 538 g/mol. The van der Waals surface area contributed by atoms with Crippen molar-refractivity contribution in [2.24, 2.45) is 0 Å². The van der Waals surface area contributed by atoms with Gasteiger partial charge in [-0.15, -0.1) is 0 Å². The molecule has 1 saturated carbocycles. The molecule has 3 aromatic rings. The van der Waals surface area contributed by atoms with Gasteiger partial charge in [0.1, 0.15) is 22.9 Å². The first kappa shape index (κ1) is 25.6. The zero-order valence-corrected chi connectivity index (χ0v) is 21.6. The summed E-state index contributed by atoms with van der Waals surface area (Å²) in [6, 6.07) is 11.7. The lowest BCUT2D eigenvalue weighted by molar-refractivity contribution is 0.196. The fourth-order valence-electron chi connectivity index (χ4n) is 4.54. The van der Waals surface area contributed by atoms with Gasteiger partial charge in [-0.1, -0.05) is 35.3 Å². The summed E-state index contributed by atoms with van der Waals surface area (Å²) in [5.41, 5.74) is 1.56. The summed E-state index contributed by atoms with van der Waals surface area (Å²) in [6.07, 6.45) is 5.21. The molecule has 3 atom stereocenters. The van der Waals surface area contributed by atoms with E-state index < -0.39 is 20.7 Å². The van der Waals surface area contributed by atoms with Gasteiger partial charge in [-0.05, 0) is 75.2 Å². The second kappa shape index (κ2) is 10.7. The van der Waals surface area contributed by atoms with Gasteiger partial charge in [0.2, 0.25) is 0 Å². The number of aromatic nitrogens is 2. The predicted octanol–water partition coefficient (Wildman–Crippen LogP) is 5.40. The number of sulfonamides is 1. The van der Waals surface area contributed by atoms with Gasteiger partial charge in [0.25, 0.3) is 10.0 Å². The van der Waals surface area contributed by atoms with Crippen LogP contribution in [0.4, 0.5) is 15.9 Å². The normalized spacial score (nSPS) is 20.6. The molecule has 11 heteroatoms. The number of nitrogens with one attached hydrogen (secondary N) is 2. The summed E-state index contributed by atoms with van der Waals surface area (Å²) in [6.45, 7) is 0. The Bertz CT molecular complexity index is 1290. The zero-order valence-electron chi connectivity index (χ0n) is 19.2. The topological polar surface area (TPSA) is 87.2 Å². The monoisotopic (exact) mass is 537 g/mol. The lowest BCUT2D eigenvalue weighted by Gasteiger charge is -2.41. The van der Waals surface area contributed by atoms with E-state index in [0.29, 0.717) is 11.6 Å². The summed E-state index contributed by atoms with van der Waals surface area (Å²) in [5, 5.41) is 4.19. The molecule has 0 amide bonds. The minimum absolute atomic E-state index is 0.000986. The predicted molar refractivity (Wildman–Crippen MR) is 137 cm³/mol. The molecule has 1 unspecified atom stereocenters. The quantitative estimate of drug-likeness (QED) is 0.419. The number of hydrogen-bond donors (Lipinski definition) is 2. The van der Waals surface area contributed by atoms with Crippen molar-refractivity contribution in [1.82, 2.24) is 14.9 Å². The Kier molecular flexibility index (Phi) is 7.80. The summed E-state index contributed by atoms with van der Waals surface area (Å²) in [4.78, 5) is 9.13. The smallest absolute Gasteiger partial charge is 0.266 e. The lowest BCUT2D eigenvalue weighted by Crippen LogP contribution is -2.47. The first-order valence-corrected chi connectivity index (χ1v) is 13.3. The molecule has 1 aliphatic rings. The fourth-order valence-corrected chi connectivity index (χ4v) is 6.11. The molecular formula is C24H26Cl2FN5O2S. The van der Waals surface area contributed by atoms with E-state index in [-0.39, 0.29) is 22.9 Å². The van der Waals surface area contributed by atoms with Gasteiger partial charge in [-0.25, -0.2) is 22.8 Å². The SMILES string of the molecule is CN(C)[C@H]1C[C@@H](c2cccc(Cl)c2)CCC1Nc1cc(F)c(S(=O)(=O)Nc2ccncn2)cc1Cl. The van der Waals surface area contributed by atoms with Crippen LogP contribution in [0.5, 0.6) is 0 Å². The maximum atomic E-state index is 15.0. The molecule has 186 valence electrons. The Labute approximate surface area is 214 Å². The highest BCUT2D eigenvalue weighted by molar-refractivity contribution is 7.92. The first-order chi connectivity index (χ1) is 16.6. The third-order valence-electron chi connectivity index (χ3n) is 6.27. The molecule has 0 aliphatic heterocycles. The van der Waals surface area contributed by atoms with E-state index in [1.165, 1.54) is 24.2 Å². The molecule has 0 radical (unpaired) electrons. The molecule has 4 rings (SSSR count). The number of nitrogens with zero attached hydrogens (tertiary/aromatic N) is 3. The summed E-state index contributed by atoms with van der Waals surface area (Å²) in [7, 11) is -0.208. The number of likely N-dealkylation sites (N-methyl/N-ethyl adjacent to an activating group) is 1. The van der Waals surface area contributed by atoms with E-state index in [1.54, 1.807) is 0 Å². The molecule has 1 fully saturated rings. The number of benzene rings is 2. The van der Waals surface area contributed by atoms with Crippen LogP contribution in [0.15, 0.2) is 59.9 Å². The lowest BCUT2D eigenvalue weighted by atomic mass is 9.78. The summed E-state index contributed by atoms with van der Waals surface area (Å²) in [5.74, 6) is -0.526. The second-order valence-electron chi connectivity index (χ2n) is 8.81. The highest BCUT2D eigenvalue weighted by Crippen LogP contribution is 2.38. The standard InChI is InChI=1S/C24H26Cl2FN5O2S/c1-32(2)22-11-16(15-4-3-5-17(25)10-15)6-7-20(22)30-21-13-19(27)23(12-18(21)26)35(33,34)31-24-8-9-28-14-29-24/h3-5,8-10,12-14,16,20,22,30H,6-7,11H2,1-2H3,(H,28,29,31)/t16-,20?,22-/m0/s1. The van der Waals surface area contributed by atoms with Gasteiger partial charge in [0, 0.05) is 23.3 Å². The molecule has 1 aliphatic carbocycles. The van der Waals surface area contributed by atoms with E-state index in [1.807, 2.05) is 32.3 Å². The second-order valence-corrected chi connectivity index (χ2v) is 11.3. The molecule has 1 heterocycles. The van der Waals surface area contributed by atoms with Crippen molar-refractivity contribution in [3.63, 3.8) is 0 Å². The average Bonchev–Trinajstić information content (AvgIpc) is 2.81. The highest BCUT2D eigenvalue weighted by Gasteiger charge is 2.33. The van der Waals surface area contributed by atoms with Crippen LogP contribution in [0.25, 0.3) is 0 Å². The molecule has 2 aromatic carbocycles. The number of hydrogen-bond acceptors (Lipinski definition) is 6. The van der Waals surface area contributed by atoms with Crippen LogP contribution in [-0.2, 0) is 10.0 Å². The maximum Gasteiger partial charge on any atom is 0.266 e. The Morgan fingerprint density at radius 2 is 1.91 bits per heavy atom. The van der Waals surface area contributed by atoms with Gasteiger partial charge < -0.3 is 10.2 Å². The highest BCUT2D eigenvalue weighted by atomic mass is 35.5. The fraction of sp³-hybridized carbons (Fsp3) is 0.333. The van der Waals surface area contributed by atoms with Crippen molar-refractivity contribution in [1.29, 1.82) is 0 Å². The van der Waals surface area contributed by atoms with Crippen LogP contribution in [0.3, 0.4) is 0 Å². The van der Waals surface area contributed by atoms with Gasteiger partial charge in [-0.3, -0.25) is 4.72 Å². The van der Waals surface area contributed by atoms with Gasteiger partial charge in [0.05, 0.1) is 10.7 Å². The molecule has 7 nitrogen and oxygen atoms in total. The van der Waals surface area contributed by atoms with E-state index >= 15 is 0 Å². The Balaban J connectivity index is 1.53. The maximum absolute atomic E-state index is 15.0. The summed E-state index contributed by atoms with van der Waals surface area (Å²) < 4.78 is 42.6. The van der Waals surface area contributed by atoms with E-state index in [2.05, 4.69) is 31.0 Å². The van der Waals surface area contributed by atoms with E-state index in [9.17, 15) is 12.8 Å². The van der Waals surface area contributed by atoms with Gasteiger partial charge >= 0.3 is 0 Å². The number of anilines is 2. The molecule has 2 N–H and O–H groups in total. The summed E-state index contributed by atoms with van der Waals surface area (Å²) >= 11 is 12.6. The third kappa shape index (κ3) is 6.03. The van der Waals surface area contributed by atoms with Crippen LogP contribution < -0.4 is 10.0 Å². The molecule has 0 spiro atoms. The molecule has 0 saturated heterocycles. The molecule has 35 heavy (non-hydrogen) atoms. The van der Waals surface area contributed by atoms with Crippen molar-refractivity contribution in [2.75, 3.05) is 24.1 Å². The Morgan fingerprint density at radius 1 is 1.11 bits per heavy atom. The number of rotatable bonds is 7. The first-order valence-electron chi connectivity index (χ1n) is 11.1. The van der Waals surface area contributed by atoms with Crippen LogP contribution >= 0.6 is 23.2 Å². The molecule has 0 bridgehead atoms. The van der Waals surface area contributed by atoms with Crippen LogP contribution in [0.2, 0.25) is 10.0 Å². The Hall–Kier alpha value is -2.46. The van der Waals surface area contributed by atoms with Crippen LogP contribution in [-0.4, -0.2) is 49.5 Å². The van der Waals surface area contributed by atoms with Crippen molar-refractivity contribution < 1.29 is 12.8 Å². The van der Waals surface area contributed by atoms with Gasteiger partial charge in [-0.2, -0.15) is 0 Å². The van der Waals surface area contributed by atoms with E-state index in [0.717, 1.165) is 36.4 Å². The largest absolute Gasteiger partial charge is 0.379 e. The molecule has 1 aromatic heterocycles. The van der Waals surface area contributed by atoms with Crippen molar-refractivity contribution in [2.45, 2.75) is 42.2 Å². The minimum atomic E-state index is -4.23. The van der Waals surface area contributed by atoms with Crippen LogP contribution in [0, 0.1) is 5.82 Å². The van der Waals surface area contributed by atoms with E-state index in [4.69, 9.17) is 23.2 Å². The zero-order chi connectivity index (χ0) is 25.2. The Morgan fingerprint density at radius 3 is 2.60 bits per heavy atom. The van der Waals surface area contributed by atoms with Crippen LogP contribution in [0.1, 0.15) is 30.7 Å². The third-order valence-corrected chi connectivity index (χ3v) is 8.19. The van der Waals surface area contributed by atoms with Crippen molar-refractivity contribution >= 4 is 44.7 Å². The van der Waals surface area contributed by atoms with Crippen molar-refractivity contribution in [3.8, 4) is 0 Å².